The largest absolute Gasteiger partial charge is 0.341 e. The Labute approximate surface area is 128 Å². The molecular formula is C17H16N4O. The smallest absolute Gasteiger partial charge is 0.270 e. The molecular weight excluding hydrogens is 276 g/mol. The van der Waals surface area contributed by atoms with Crippen LogP contribution < -0.4 is 5.32 Å². The van der Waals surface area contributed by atoms with Gasteiger partial charge in [0.1, 0.15) is 11.5 Å². The van der Waals surface area contributed by atoms with E-state index in [1.54, 1.807) is 30.6 Å². The van der Waals surface area contributed by atoms with Crippen molar-refractivity contribution in [2.24, 2.45) is 0 Å². The van der Waals surface area contributed by atoms with E-state index in [-0.39, 0.29) is 11.9 Å². The Hall–Kier alpha value is -2.95. The first-order valence-electron chi connectivity index (χ1n) is 7.06. The molecule has 0 aliphatic carbocycles. The number of hydrogen-bond acceptors (Lipinski definition) is 3. The van der Waals surface area contributed by atoms with Crippen LogP contribution in [0.4, 0.5) is 0 Å². The third kappa shape index (κ3) is 3.03. The lowest BCUT2D eigenvalue weighted by Crippen LogP contribution is -2.28. The van der Waals surface area contributed by atoms with Crippen LogP contribution in [0.3, 0.4) is 0 Å². The molecule has 0 aliphatic rings. The van der Waals surface area contributed by atoms with E-state index in [1.807, 2.05) is 37.3 Å². The van der Waals surface area contributed by atoms with Crippen molar-refractivity contribution >= 4 is 5.91 Å². The lowest BCUT2D eigenvalue weighted by molar-refractivity contribution is 0.0933. The van der Waals surface area contributed by atoms with E-state index in [4.69, 9.17) is 0 Å². The Morgan fingerprint density at radius 2 is 1.86 bits per heavy atom. The molecule has 2 aromatic heterocycles. The maximum Gasteiger partial charge on any atom is 0.270 e. The topological polar surface area (TPSA) is 70.7 Å². The fourth-order valence-corrected chi connectivity index (χ4v) is 2.16. The van der Waals surface area contributed by atoms with Gasteiger partial charge in [-0.3, -0.25) is 9.78 Å². The Morgan fingerprint density at radius 1 is 1.09 bits per heavy atom. The summed E-state index contributed by atoms with van der Waals surface area (Å²) < 4.78 is 0. The van der Waals surface area contributed by atoms with Gasteiger partial charge in [0.05, 0.1) is 17.9 Å². The van der Waals surface area contributed by atoms with Crippen LogP contribution in [0, 0.1) is 0 Å². The molecule has 0 bridgehead atoms. The van der Waals surface area contributed by atoms with Crippen LogP contribution in [0.1, 0.15) is 29.3 Å². The summed E-state index contributed by atoms with van der Waals surface area (Å²) in [6, 6.07) is 14.9. The third-order valence-corrected chi connectivity index (χ3v) is 3.34. The summed E-state index contributed by atoms with van der Waals surface area (Å²) in [6.45, 7) is 1.88. The van der Waals surface area contributed by atoms with Crippen molar-refractivity contribution in [3.05, 3.63) is 72.4 Å². The van der Waals surface area contributed by atoms with Crippen molar-refractivity contribution in [2.45, 2.75) is 13.0 Å². The average molecular weight is 292 g/mol. The number of benzene rings is 1. The molecule has 2 N–H and O–H groups in total. The third-order valence-electron chi connectivity index (χ3n) is 3.34. The van der Waals surface area contributed by atoms with Crippen LogP contribution in [0.5, 0.6) is 0 Å². The highest BCUT2D eigenvalue weighted by Gasteiger charge is 2.15. The Morgan fingerprint density at radius 3 is 2.59 bits per heavy atom. The van der Waals surface area contributed by atoms with Crippen molar-refractivity contribution in [1.82, 2.24) is 20.3 Å². The van der Waals surface area contributed by atoms with Crippen LogP contribution in [0.2, 0.25) is 0 Å². The molecule has 3 aromatic rings. The monoisotopic (exact) mass is 292 g/mol. The van der Waals surface area contributed by atoms with E-state index >= 15 is 0 Å². The predicted molar refractivity (Wildman–Crippen MR) is 84.1 cm³/mol. The Bertz CT molecular complexity index is 753. The molecule has 0 radical (unpaired) electrons. The molecule has 0 spiro atoms. The molecule has 22 heavy (non-hydrogen) atoms. The molecule has 0 saturated heterocycles. The van der Waals surface area contributed by atoms with Crippen molar-refractivity contribution in [3.8, 4) is 11.3 Å². The number of pyridine rings is 1. The van der Waals surface area contributed by atoms with Crippen LogP contribution in [0.25, 0.3) is 11.3 Å². The van der Waals surface area contributed by atoms with E-state index in [0.717, 1.165) is 11.3 Å². The zero-order valence-corrected chi connectivity index (χ0v) is 12.2. The summed E-state index contributed by atoms with van der Waals surface area (Å²) in [5, 5.41) is 2.88. The number of hydrogen-bond donors (Lipinski definition) is 2. The van der Waals surface area contributed by atoms with Gasteiger partial charge in [0.25, 0.3) is 5.91 Å². The summed E-state index contributed by atoms with van der Waals surface area (Å²) in [4.78, 5) is 23.7. The van der Waals surface area contributed by atoms with Gasteiger partial charge in [0.2, 0.25) is 0 Å². The van der Waals surface area contributed by atoms with Crippen LogP contribution in [-0.2, 0) is 0 Å². The van der Waals surface area contributed by atoms with Gasteiger partial charge < -0.3 is 10.3 Å². The summed E-state index contributed by atoms with van der Waals surface area (Å²) >= 11 is 0. The summed E-state index contributed by atoms with van der Waals surface area (Å²) in [7, 11) is 0. The average Bonchev–Trinajstić information content (AvgIpc) is 3.06. The predicted octanol–water partition coefficient (Wildman–Crippen LogP) is 2.96. The first kappa shape index (κ1) is 14.0. The fourth-order valence-electron chi connectivity index (χ4n) is 2.16. The number of aromatic nitrogens is 3. The molecule has 110 valence electrons. The highest BCUT2D eigenvalue weighted by molar-refractivity contribution is 5.92. The second-order valence-corrected chi connectivity index (χ2v) is 4.96. The summed E-state index contributed by atoms with van der Waals surface area (Å²) in [6.07, 6.45) is 3.37. The lowest BCUT2D eigenvalue weighted by atomic mass is 10.2. The highest BCUT2D eigenvalue weighted by atomic mass is 16.1. The van der Waals surface area contributed by atoms with Gasteiger partial charge in [-0.2, -0.15) is 0 Å². The Balaban J connectivity index is 1.72. The minimum Gasteiger partial charge on any atom is -0.341 e. The van der Waals surface area contributed by atoms with Gasteiger partial charge in [-0.25, -0.2) is 4.98 Å². The molecule has 1 aromatic carbocycles. The zero-order valence-electron chi connectivity index (χ0n) is 12.2. The van der Waals surface area contributed by atoms with E-state index in [1.165, 1.54) is 0 Å². The standard InChI is InChI=1S/C17H16N4O/c1-12(20-17(22)14-9-5-6-10-18-14)16-19-11-15(21-16)13-7-3-2-4-8-13/h2-12H,1H3,(H,19,21)(H,20,22). The number of amides is 1. The molecule has 0 saturated carbocycles. The van der Waals surface area contributed by atoms with Gasteiger partial charge in [-0.1, -0.05) is 36.4 Å². The quantitative estimate of drug-likeness (QED) is 0.776. The van der Waals surface area contributed by atoms with Crippen molar-refractivity contribution in [1.29, 1.82) is 0 Å². The number of rotatable bonds is 4. The van der Waals surface area contributed by atoms with E-state index in [2.05, 4.69) is 20.3 Å². The van der Waals surface area contributed by atoms with Gasteiger partial charge in [0, 0.05) is 6.20 Å². The number of nitrogens with one attached hydrogen (secondary N) is 2. The second kappa shape index (κ2) is 6.22. The lowest BCUT2D eigenvalue weighted by Gasteiger charge is -2.11. The maximum absolute atomic E-state index is 12.1. The molecule has 1 amide bonds. The van der Waals surface area contributed by atoms with E-state index in [0.29, 0.717) is 11.5 Å². The zero-order chi connectivity index (χ0) is 15.4. The molecule has 5 heteroatoms. The summed E-state index contributed by atoms with van der Waals surface area (Å²) in [5.74, 6) is 0.494. The highest BCUT2D eigenvalue weighted by Crippen LogP contribution is 2.18. The first-order chi connectivity index (χ1) is 10.7. The minimum absolute atomic E-state index is 0.217. The Kier molecular flexibility index (Phi) is 3.96. The molecule has 3 rings (SSSR count). The number of nitrogens with zero attached hydrogens (tertiary/aromatic N) is 2. The second-order valence-electron chi connectivity index (χ2n) is 4.96. The van der Waals surface area contributed by atoms with E-state index in [9.17, 15) is 4.79 Å². The van der Waals surface area contributed by atoms with E-state index < -0.39 is 0 Å². The van der Waals surface area contributed by atoms with Crippen LogP contribution in [-0.4, -0.2) is 20.9 Å². The van der Waals surface area contributed by atoms with Gasteiger partial charge >= 0.3 is 0 Å². The maximum atomic E-state index is 12.1. The number of H-pyrrole nitrogens is 1. The van der Waals surface area contributed by atoms with Gasteiger partial charge in [-0.05, 0) is 24.6 Å². The minimum atomic E-state index is -0.230. The fraction of sp³-hybridized carbons (Fsp3) is 0.118. The number of carbonyl (C=O) groups excluding carboxylic acids is 1. The van der Waals surface area contributed by atoms with Crippen molar-refractivity contribution in [3.63, 3.8) is 0 Å². The molecule has 5 nitrogen and oxygen atoms in total. The molecule has 2 heterocycles. The van der Waals surface area contributed by atoms with Gasteiger partial charge in [0.15, 0.2) is 0 Å². The number of carbonyl (C=O) groups is 1. The summed E-state index contributed by atoms with van der Waals surface area (Å²) in [5.41, 5.74) is 2.38. The molecule has 1 atom stereocenters. The molecule has 1 unspecified atom stereocenters. The molecule has 0 aliphatic heterocycles. The number of aromatic amines is 1. The normalized spacial score (nSPS) is 11.9. The van der Waals surface area contributed by atoms with Crippen molar-refractivity contribution < 1.29 is 4.79 Å². The van der Waals surface area contributed by atoms with Crippen LogP contribution >= 0.6 is 0 Å². The first-order valence-corrected chi connectivity index (χ1v) is 7.06. The van der Waals surface area contributed by atoms with Gasteiger partial charge in [-0.15, -0.1) is 0 Å². The molecule has 0 fully saturated rings. The van der Waals surface area contributed by atoms with Crippen molar-refractivity contribution in [2.75, 3.05) is 0 Å². The SMILES string of the molecule is CC(NC(=O)c1ccccn1)c1ncc(-c2ccccc2)[nH]1. The number of imidazole rings is 1. The van der Waals surface area contributed by atoms with Crippen LogP contribution in [0.15, 0.2) is 60.9 Å².